The normalized spacial score (nSPS) is 15.2. The highest BCUT2D eigenvalue weighted by Gasteiger charge is 2.22. The molecule has 1 amide bonds. The van der Waals surface area contributed by atoms with Gasteiger partial charge in [0.25, 0.3) is 0 Å². The number of fused-ring (bicyclic) bond motifs is 2. The Morgan fingerprint density at radius 3 is 2.75 bits per heavy atom. The van der Waals surface area contributed by atoms with Crippen molar-refractivity contribution >= 4 is 23.5 Å². The van der Waals surface area contributed by atoms with Crippen LogP contribution in [0, 0.1) is 0 Å². The van der Waals surface area contributed by atoms with Crippen molar-refractivity contribution in [3.05, 3.63) is 52.3 Å². The van der Waals surface area contributed by atoms with Crippen molar-refractivity contribution < 1.29 is 4.79 Å². The molecule has 4 nitrogen and oxygen atoms in total. The number of rotatable bonds is 4. The van der Waals surface area contributed by atoms with Crippen molar-refractivity contribution in [3.63, 3.8) is 0 Å². The van der Waals surface area contributed by atoms with Gasteiger partial charge in [-0.05, 0) is 60.8 Å². The van der Waals surface area contributed by atoms with E-state index >= 15 is 0 Å². The van der Waals surface area contributed by atoms with Crippen LogP contribution in [0.15, 0.2) is 24.4 Å². The average molecular weight is 342 g/mol. The van der Waals surface area contributed by atoms with E-state index in [1.165, 1.54) is 23.1 Å². The van der Waals surface area contributed by atoms with Crippen molar-refractivity contribution in [1.29, 1.82) is 0 Å². The molecule has 0 bridgehead atoms. The summed E-state index contributed by atoms with van der Waals surface area (Å²) in [6.45, 7) is 0.470. The first kappa shape index (κ1) is 15.6. The number of aromatic nitrogens is 2. The molecule has 0 radical (unpaired) electrons. The van der Waals surface area contributed by atoms with Crippen LogP contribution in [0.5, 0.6) is 0 Å². The maximum Gasteiger partial charge on any atom is 0.244 e. The van der Waals surface area contributed by atoms with E-state index in [0.29, 0.717) is 12.5 Å². The summed E-state index contributed by atoms with van der Waals surface area (Å²) in [5.41, 5.74) is 6.22. The highest BCUT2D eigenvalue weighted by molar-refractivity contribution is 6.29. The molecule has 124 valence electrons. The van der Waals surface area contributed by atoms with E-state index in [2.05, 4.69) is 28.2 Å². The van der Waals surface area contributed by atoms with E-state index in [0.717, 1.165) is 43.4 Å². The fourth-order valence-corrected chi connectivity index (χ4v) is 3.83. The lowest BCUT2D eigenvalue weighted by molar-refractivity contribution is -0.116. The van der Waals surface area contributed by atoms with Crippen LogP contribution in [0.4, 0.5) is 5.95 Å². The van der Waals surface area contributed by atoms with Crippen molar-refractivity contribution in [2.24, 2.45) is 0 Å². The predicted octanol–water partition coefficient (Wildman–Crippen LogP) is 3.23. The number of halogens is 1. The number of aryl methyl sites for hydroxylation is 4. The van der Waals surface area contributed by atoms with Gasteiger partial charge in [0.2, 0.25) is 11.9 Å². The molecule has 2 aliphatic rings. The molecule has 0 fully saturated rings. The number of carbonyl (C=O) groups excluding carboxylic acids is 1. The summed E-state index contributed by atoms with van der Waals surface area (Å²) in [4.78, 5) is 23.0. The summed E-state index contributed by atoms with van der Waals surface area (Å²) >= 11 is 5.83. The molecule has 5 heteroatoms. The first-order valence-corrected chi connectivity index (χ1v) is 9.10. The van der Waals surface area contributed by atoms with Gasteiger partial charge in [-0.25, -0.2) is 9.97 Å². The van der Waals surface area contributed by atoms with Crippen molar-refractivity contribution in [2.45, 2.75) is 45.1 Å². The van der Waals surface area contributed by atoms with Gasteiger partial charge in [0.1, 0.15) is 5.88 Å². The summed E-state index contributed by atoms with van der Waals surface area (Å²) in [6.07, 6.45) is 8.48. The summed E-state index contributed by atoms with van der Waals surface area (Å²) in [5, 5.41) is 0. The summed E-state index contributed by atoms with van der Waals surface area (Å²) < 4.78 is 0. The molecule has 0 unspecified atom stereocenters. The van der Waals surface area contributed by atoms with Gasteiger partial charge in [-0.15, -0.1) is 11.6 Å². The number of nitrogens with zero attached hydrogens (tertiary/aromatic N) is 3. The molecule has 2 aliphatic carbocycles. The topological polar surface area (TPSA) is 46.1 Å². The van der Waals surface area contributed by atoms with Crippen LogP contribution in [-0.4, -0.2) is 21.8 Å². The Hall–Kier alpha value is -1.94. The van der Waals surface area contributed by atoms with Gasteiger partial charge in [-0.1, -0.05) is 18.2 Å². The summed E-state index contributed by atoms with van der Waals surface area (Å²) in [7, 11) is 0. The largest absolute Gasteiger partial charge is 0.275 e. The summed E-state index contributed by atoms with van der Waals surface area (Å²) in [5.74, 6) is 0.252. The smallest absolute Gasteiger partial charge is 0.244 e. The minimum Gasteiger partial charge on any atom is -0.275 e. The number of anilines is 1. The highest BCUT2D eigenvalue weighted by Crippen LogP contribution is 2.25. The third-order valence-electron chi connectivity index (χ3n) is 4.96. The van der Waals surface area contributed by atoms with Gasteiger partial charge < -0.3 is 0 Å². The van der Waals surface area contributed by atoms with Crippen LogP contribution in [0.1, 0.15) is 40.8 Å². The van der Waals surface area contributed by atoms with Gasteiger partial charge in [0, 0.05) is 11.9 Å². The van der Waals surface area contributed by atoms with Crippen molar-refractivity contribution in [1.82, 2.24) is 9.97 Å². The minimum absolute atomic E-state index is 0.0641. The van der Waals surface area contributed by atoms with E-state index in [9.17, 15) is 4.79 Å². The molecule has 24 heavy (non-hydrogen) atoms. The quantitative estimate of drug-likeness (QED) is 0.802. The number of alkyl halides is 1. The van der Waals surface area contributed by atoms with Crippen LogP contribution in [0.25, 0.3) is 0 Å². The zero-order valence-corrected chi connectivity index (χ0v) is 14.4. The monoisotopic (exact) mass is 341 g/mol. The Bertz CT molecular complexity index is 790. The molecule has 1 aromatic heterocycles. The van der Waals surface area contributed by atoms with Gasteiger partial charge in [0.15, 0.2) is 0 Å². The SMILES string of the molecule is O=C(CCl)N(Cc1ccc2c(c1)CCC2)c1ncc2c(n1)CCC2. The third kappa shape index (κ3) is 2.91. The first-order valence-electron chi connectivity index (χ1n) is 8.56. The maximum absolute atomic E-state index is 12.4. The van der Waals surface area contributed by atoms with E-state index in [1.807, 2.05) is 6.20 Å². The molecule has 0 saturated carbocycles. The van der Waals surface area contributed by atoms with E-state index < -0.39 is 0 Å². The Morgan fingerprint density at radius 2 is 1.88 bits per heavy atom. The molecule has 1 aromatic carbocycles. The Kier molecular flexibility index (Phi) is 4.23. The Morgan fingerprint density at radius 1 is 1.08 bits per heavy atom. The number of amides is 1. The highest BCUT2D eigenvalue weighted by atomic mass is 35.5. The van der Waals surface area contributed by atoms with Crippen molar-refractivity contribution in [2.75, 3.05) is 10.8 Å². The van der Waals surface area contributed by atoms with E-state index in [4.69, 9.17) is 11.6 Å². The van der Waals surface area contributed by atoms with E-state index in [-0.39, 0.29) is 11.8 Å². The van der Waals surface area contributed by atoms with Crippen LogP contribution in [-0.2, 0) is 37.0 Å². The third-order valence-corrected chi connectivity index (χ3v) is 5.19. The first-order chi connectivity index (χ1) is 11.7. The van der Waals surface area contributed by atoms with E-state index in [1.54, 1.807) is 4.90 Å². The Balaban J connectivity index is 1.63. The lowest BCUT2D eigenvalue weighted by Gasteiger charge is -2.21. The van der Waals surface area contributed by atoms with Gasteiger partial charge in [0.05, 0.1) is 6.54 Å². The predicted molar refractivity (Wildman–Crippen MR) is 94.4 cm³/mol. The molecule has 4 rings (SSSR count). The fraction of sp³-hybridized carbons (Fsp3) is 0.421. The number of hydrogen-bond donors (Lipinski definition) is 0. The maximum atomic E-state index is 12.4. The number of carbonyl (C=O) groups is 1. The van der Waals surface area contributed by atoms with Crippen LogP contribution >= 0.6 is 11.6 Å². The average Bonchev–Trinajstić information content (AvgIpc) is 3.26. The molecule has 0 N–H and O–H groups in total. The lowest BCUT2D eigenvalue weighted by Crippen LogP contribution is -2.33. The number of hydrogen-bond acceptors (Lipinski definition) is 3. The molecule has 0 saturated heterocycles. The Labute approximate surface area is 146 Å². The second-order valence-corrected chi connectivity index (χ2v) is 6.83. The molecule has 2 aromatic rings. The zero-order chi connectivity index (χ0) is 16.5. The fourth-order valence-electron chi connectivity index (χ4n) is 3.68. The molecule has 1 heterocycles. The van der Waals surface area contributed by atoms with Crippen LogP contribution < -0.4 is 4.90 Å². The lowest BCUT2D eigenvalue weighted by atomic mass is 10.1. The van der Waals surface area contributed by atoms with Gasteiger partial charge >= 0.3 is 0 Å². The zero-order valence-electron chi connectivity index (χ0n) is 13.6. The molecule has 0 spiro atoms. The molecular weight excluding hydrogens is 322 g/mol. The van der Waals surface area contributed by atoms with Gasteiger partial charge in [-0.2, -0.15) is 0 Å². The van der Waals surface area contributed by atoms with Crippen LogP contribution in [0.2, 0.25) is 0 Å². The second-order valence-electron chi connectivity index (χ2n) is 6.57. The number of benzene rings is 1. The van der Waals surface area contributed by atoms with Crippen LogP contribution in [0.3, 0.4) is 0 Å². The molecular formula is C19H20ClN3O. The minimum atomic E-state index is -0.157. The standard InChI is InChI=1S/C19H20ClN3O/c20-10-18(24)23(19-21-11-16-5-2-6-17(16)22-19)12-13-7-8-14-3-1-4-15(14)9-13/h7-9,11H,1-6,10,12H2. The second kappa shape index (κ2) is 6.52. The van der Waals surface area contributed by atoms with Gasteiger partial charge in [-0.3, -0.25) is 9.69 Å². The summed E-state index contributed by atoms with van der Waals surface area (Å²) in [6, 6.07) is 6.50. The molecule has 0 atom stereocenters. The van der Waals surface area contributed by atoms with Crippen molar-refractivity contribution in [3.8, 4) is 0 Å². The molecule has 0 aliphatic heterocycles.